The highest BCUT2D eigenvalue weighted by atomic mass is 31.2. The number of esters is 1. The van der Waals surface area contributed by atoms with Crippen LogP contribution in [0.5, 0.6) is 11.5 Å². The molecule has 3 fully saturated rings. The predicted molar refractivity (Wildman–Crippen MR) is 140 cm³/mol. The van der Waals surface area contributed by atoms with Crippen molar-refractivity contribution in [1.29, 1.82) is 0 Å². The van der Waals surface area contributed by atoms with Crippen molar-refractivity contribution >= 4 is 19.6 Å². The fraction of sp³-hybridized carbons (Fsp3) is 0.692. The Kier molecular flexibility index (Phi) is 10.4. The minimum Gasteiger partial charge on any atom is -0.497 e. The SMILES string of the molecule is COc1ccc(OP(=O)(O[C@H]2[C@H](O)[C@@H](CO)O[C@H](O)[C@@H]2NC(C)=O)N2CCCC2C(=O)OC2CCCCC2)cc1. The number of carbonyl (C=O) groups excluding carboxylic acids is 2. The molecule has 4 rings (SSSR count). The van der Waals surface area contributed by atoms with Gasteiger partial charge in [-0.3, -0.25) is 14.1 Å². The van der Waals surface area contributed by atoms with Gasteiger partial charge in [0.25, 0.3) is 0 Å². The Morgan fingerprint density at radius 1 is 1.07 bits per heavy atom. The Labute approximate surface area is 233 Å². The number of ether oxygens (including phenoxy) is 3. The maximum Gasteiger partial charge on any atom is 0.462 e. The van der Waals surface area contributed by atoms with Crippen molar-refractivity contribution in [3.63, 3.8) is 0 Å². The Balaban J connectivity index is 1.66. The van der Waals surface area contributed by atoms with Gasteiger partial charge < -0.3 is 39.4 Å². The van der Waals surface area contributed by atoms with Crippen LogP contribution >= 0.6 is 7.75 Å². The maximum atomic E-state index is 14.7. The molecule has 2 unspecified atom stereocenters. The molecule has 0 bridgehead atoms. The minimum atomic E-state index is -4.49. The van der Waals surface area contributed by atoms with E-state index in [-0.39, 0.29) is 18.4 Å². The van der Waals surface area contributed by atoms with E-state index >= 15 is 0 Å². The lowest BCUT2D eigenvalue weighted by Crippen LogP contribution is -2.64. The molecule has 7 atom stereocenters. The highest BCUT2D eigenvalue weighted by Crippen LogP contribution is 2.57. The Morgan fingerprint density at radius 2 is 1.75 bits per heavy atom. The number of hydrogen-bond acceptors (Lipinski definition) is 11. The predicted octanol–water partition coefficient (Wildman–Crippen LogP) is 1.48. The van der Waals surface area contributed by atoms with Gasteiger partial charge in [-0.25, -0.2) is 4.57 Å². The summed E-state index contributed by atoms with van der Waals surface area (Å²) < 4.78 is 44.2. The second kappa shape index (κ2) is 13.6. The topological polar surface area (TPSA) is 173 Å². The third-order valence-electron chi connectivity index (χ3n) is 7.42. The highest BCUT2D eigenvalue weighted by Gasteiger charge is 2.54. The molecule has 13 nitrogen and oxygen atoms in total. The van der Waals surface area contributed by atoms with Crippen LogP contribution in [0.15, 0.2) is 24.3 Å². The van der Waals surface area contributed by atoms with Crippen molar-refractivity contribution in [2.75, 3.05) is 20.3 Å². The van der Waals surface area contributed by atoms with E-state index in [1.807, 2.05) is 0 Å². The number of aliphatic hydroxyl groups excluding tert-OH is 3. The van der Waals surface area contributed by atoms with Crippen LogP contribution in [-0.4, -0.2) is 94.9 Å². The zero-order valence-corrected chi connectivity index (χ0v) is 23.6. The molecular weight excluding hydrogens is 547 g/mol. The fourth-order valence-corrected chi connectivity index (χ4v) is 7.52. The summed E-state index contributed by atoms with van der Waals surface area (Å²) in [6, 6.07) is 3.90. The standard InChI is InChI=1S/C26H39N2O11P/c1-16(30)27-22-24(23(31)21(15-29)37-26(22)33)39-40(34,38-19-12-10-17(35-2)11-13-19)28-14-6-9-20(28)25(32)36-18-7-4-3-5-8-18/h10-13,18,20-24,26,29,31,33H,3-9,14-15H2,1-2H3,(H,27,30)/t20?,21-,22-,23-,24-,26+,40?/m1/s1. The molecule has 2 aliphatic heterocycles. The van der Waals surface area contributed by atoms with Gasteiger partial charge in [0.15, 0.2) is 6.29 Å². The number of methoxy groups -OCH3 is 1. The average molecular weight is 587 g/mol. The first-order chi connectivity index (χ1) is 19.1. The largest absolute Gasteiger partial charge is 0.497 e. The van der Waals surface area contributed by atoms with Crippen LogP contribution < -0.4 is 14.6 Å². The molecule has 224 valence electrons. The Bertz CT molecular complexity index is 1050. The molecule has 2 heterocycles. The van der Waals surface area contributed by atoms with E-state index in [0.717, 1.165) is 32.1 Å². The van der Waals surface area contributed by atoms with E-state index in [9.17, 15) is 29.5 Å². The summed E-state index contributed by atoms with van der Waals surface area (Å²) in [6.07, 6.45) is -0.971. The van der Waals surface area contributed by atoms with E-state index < -0.39 is 62.9 Å². The Morgan fingerprint density at radius 3 is 2.38 bits per heavy atom. The van der Waals surface area contributed by atoms with Crippen LogP contribution in [0.25, 0.3) is 0 Å². The van der Waals surface area contributed by atoms with Crippen LogP contribution in [0.1, 0.15) is 51.9 Å². The lowest BCUT2D eigenvalue weighted by atomic mass is 9.97. The molecule has 14 heteroatoms. The molecule has 0 radical (unpaired) electrons. The van der Waals surface area contributed by atoms with Crippen LogP contribution in [0.3, 0.4) is 0 Å². The summed E-state index contributed by atoms with van der Waals surface area (Å²) in [6.45, 7) is 0.669. The molecule has 1 aromatic carbocycles. The molecular formula is C26H39N2O11P. The summed E-state index contributed by atoms with van der Waals surface area (Å²) in [5.41, 5.74) is 0. The summed E-state index contributed by atoms with van der Waals surface area (Å²) in [5.74, 6) is -0.451. The lowest BCUT2D eigenvalue weighted by molar-refractivity contribution is -0.250. The number of benzene rings is 1. The third kappa shape index (κ3) is 7.14. The molecule has 0 spiro atoms. The van der Waals surface area contributed by atoms with E-state index in [4.69, 9.17) is 23.3 Å². The van der Waals surface area contributed by atoms with E-state index in [0.29, 0.717) is 18.6 Å². The summed E-state index contributed by atoms with van der Waals surface area (Å²) in [4.78, 5) is 25.2. The number of nitrogens with one attached hydrogen (secondary N) is 1. The normalized spacial score (nSPS) is 31.2. The maximum absolute atomic E-state index is 14.7. The zero-order valence-electron chi connectivity index (χ0n) is 22.7. The van der Waals surface area contributed by atoms with Gasteiger partial charge in [0.2, 0.25) is 5.91 Å². The summed E-state index contributed by atoms with van der Waals surface area (Å²) in [7, 11) is -3.00. The van der Waals surface area contributed by atoms with Gasteiger partial charge in [0.1, 0.15) is 48.0 Å². The summed E-state index contributed by atoms with van der Waals surface area (Å²) >= 11 is 0. The number of rotatable bonds is 10. The van der Waals surface area contributed by atoms with Crippen LogP contribution in [0.2, 0.25) is 0 Å². The molecule has 0 aromatic heterocycles. The molecule has 3 aliphatic rings. The van der Waals surface area contributed by atoms with Crippen molar-refractivity contribution < 1.29 is 52.7 Å². The number of carbonyl (C=O) groups is 2. The molecule has 2 saturated heterocycles. The van der Waals surface area contributed by atoms with Crippen molar-refractivity contribution in [1.82, 2.24) is 9.99 Å². The molecule has 1 aliphatic carbocycles. The minimum absolute atomic E-state index is 0.132. The van der Waals surface area contributed by atoms with Gasteiger partial charge in [-0.1, -0.05) is 6.42 Å². The Hall–Kier alpha value is -2.25. The number of amides is 1. The molecule has 1 saturated carbocycles. The van der Waals surface area contributed by atoms with E-state index in [1.165, 1.54) is 30.8 Å². The van der Waals surface area contributed by atoms with E-state index in [2.05, 4.69) is 5.32 Å². The van der Waals surface area contributed by atoms with Crippen LogP contribution in [0, 0.1) is 0 Å². The van der Waals surface area contributed by atoms with Crippen molar-refractivity contribution in [2.45, 2.75) is 94.7 Å². The first kappa shape index (κ1) is 30.7. The zero-order chi connectivity index (χ0) is 28.9. The first-order valence-corrected chi connectivity index (χ1v) is 15.1. The second-order valence-corrected chi connectivity index (χ2v) is 12.1. The summed E-state index contributed by atoms with van der Waals surface area (Å²) in [5, 5.41) is 33.7. The average Bonchev–Trinajstić information content (AvgIpc) is 3.45. The molecule has 1 amide bonds. The second-order valence-electron chi connectivity index (χ2n) is 10.3. The first-order valence-electron chi connectivity index (χ1n) is 13.6. The van der Waals surface area contributed by atoms with Crippen molar-refractivity contribution in [3.05, 3.63) is 24.3 Å². The van der Waals surface area contributed by atoms with Gasteiger partial charge in [-0.15, -0.1) is 0 Å². The molecule has 4 N–H and O–H groups in total. The quantitative estimate of drug-likeness (QED) is 0.230. The molecule has 40 heavy (non-hydrogen) atoms. The van der Waals surface area contributed by atoms with Gasteiger partial charge in [0.05, 0.1) is 13.7 Å². The van der Waals surface area contributed by atoms with Gasteiger partial charge >= 0.3 is 13.7 Å². The van der Waals surface area contributed by atoms with Crippen molar-refractivity contribution in [2.24, 2.45) is 0 Å². The number of aliphatic hydroxyl groups is 3. The molecule has 1 aromatic rings. The van der Waals surface area contributed by atoms with Crippen LogP contribution in [0.4, 0.5) is 0 Å². The third-order valence-corrected chi connectivity index (χ3v) is 9.48. The highest BCUT2D eigenvalue weighted by molar-refractivity contribution is 7.51. The van der Waals surface area contributed by atoms with Crippen LogP contribution in [-0.2, 0) is 28.2 Å². The smallest absolute Gasteiger partial charge is 0.462 e. The lowest BCUT2D eigenvalue weighted by Gasteiger charge is -2.44. The van der Waals surface area contributed by atoms with Gasteiger partial charge in [-0.2, -0.15) is 4.67 Å². The number of nitrogens with zero attached hydrogens (tertiary/aromatic N) is 1. The van der Waals surface area contributed by atoms with Gasteiger partial charge in [0, 0.05) is 13.5 Å². The van der Waals surface area contributed by atoms with Crippen molar-refractivity contribution in [3.8, 4) is 11.5 Å². The van der Waals surface area contributed by atoms with E-state index in [1.54, 1.807) is 12.1 Å². The monoisotopic (exact) mass is 586 g/mol. The fourth-order valence-electron chi connectivity index (χ4n) is 5.37. The van der Waals surface area contributed by atoms with Gasteiger partial charge in [-0.05, 0) is 62.8 Å². The number of hydrogen-bond donors (Lipinski definition) is 4.